The molecule has 2 N–H and O–H groups in total. The SMILES string of the molecule is CNc1nc(Nc2ccc(OC)cc2[N+](=O)[O-])cc(-c2ccccc2)n1. The standard InChI is InChI=1S/C18H17N5O3/c1-19-18-21-15(12-6-4-3-5-7-12)11-17(22-18)20-14-9-8-13(26-2)10-16(14)23(24)25/h3-11H,1-2H3,(H2,19,20,21,22). The van der Waals surface area contributed by atoms with E-state index in [9.17, 15) is 10.1 Å². The second-order valence-electron chi connectivity index (χ2n) is 5.34. The molecule has 0 saturated carbocycles. The monoisotopic (exact) mass is 351 g/mol. The summed E-state index contributed by atoms with van der Waals surface area (Å²) in [5.74, 6) is 1.26. The largest absolute Gasteiger partial charge is 0.496 e. The van der Waals surface area contributed by atoms with Crippen LogP contribution in [0, 0.1) is 10.1 Å². The Morgan fingerprint density at radius 1 is 1.08 bits per heavy atom. The first-order valence-electron chi connectivity index (χ1n) is 7.82. The molecule has 0 amide bonds. The van der Waals surface area contributed by atoms with E-state index in [2.05, 4.69) is 20.6 Å². The zero-order valence-electron chi connectivity index (χ0n) is 14.3. The van der Waals surface area contributed by atoms with Crippen LogP contribution in [0.4, 0.5) is 23.1 Å². The molecule has 132 valence electrons. The number of hydrogen-bond donors (Lipinski definition) is 2. The molecule has 3 aromatic rings. The molecule has 0 bridgehead atoms. The zero-order valence-corrected chi connectivity index (χ0v) is 14.3. The third-order valence-corrected chi connectivity index (χ3v) is 3.68. The van der Waals surface area contributed by atoms with E-state index in [4.69, 9.17) is 4.74 Å². The fourth-order valence-corrected chi connectivity index (χ4v) is 2.41. The molecule has 2 aromatic carbocycles. The summed E-state index contributed by atoms with van der Waals surface area (Å²) in [7, 11) is 3.17. The van der Waals surface area contributed by atoms with Crippen LogP contribution in [0.3, 0.4) is 0 Å². The molecular formula is C18H17N5O3. The highest BCUT2D eigenvalue weighted by atomic mass is 16.6. The van der Waals surface area contributed by atoms with Crippen LogP contribution in [-0.4, -0.2) is 29.0 Å². The lowest BCUT2D eigenvalue weighted by molar-refractivity contribution is -0.384. The van der Waals surface area contributed by atoms with Crippen molar-refractivity contribution < 1.29 is 9.66 Å². The minimum atomic E-state index is -0.469. The lowest BCUT2D eigenvalue weighted by atomic mass is 10.1. The van der Waals surface area contributed by atoms with E-state index in [0.29, 0.717) is 28.9 Å². The molecule has 0 radical (unpaired) electrons. The topological polar surface area (TPSA) is 102 Å². The molecule has 0 aliphatic carbocycles. The molecular weight excluding hydrogens is 334 g/mol. The molecule has 0 saturated heterocycles. The molecule has 3 rings (SSSR count). The van der Waals surface area contributed by atoms with Gasteiger partial charge in [-0.25, -0.2) is 4.98 Å². The number of rotatable bonds is 6. The Kier molecular flexibility index (Phi) is 4.93. The summed E-state index contributed by atoms with van der Waals surface area (Å²) in [5, 5.41) is 17.3. The summed E-state index contributed by atoms with van der Waals surface area (Å²) in [5.41, 5.74) is 1.83. The van der Waals surface area contributed by atoms with Gasteiger partial charge in [0.15, 0.2) is 0 Å². The average Bonchev–Trinajstić information content (AvgIpc) is 2.68. The summed E-state index contributed by atoms with van der Waals surface area (Å²) in [6.45, 7) is 0. The van der Waals surface area contributed by atoms with Crippen molar-refractivity contribution in [2.45, 2.75) is 0 Å². The lowest BCUT2D eigenvalue weighted by Crippen LogP contribution is -2.03. The van der Waals surface area contributed by atoms with E-state index < -0.39 is 4.92 Å². The first-order valence-corrected chi connectivity index (χ1v) is 7.82. The van der Waals surface area contributed by atoms with Crippen LogP contribution in [0.15, 0.2) is 54.6 Å². The Balaban J connectivity index is 2.01. The van der Waals surface area contributed by atoms with Gasteiger partial charge < -0.3 is 15.4 Å². The average molecular weight is 351 g/mol. The minimum Gasteiger partial charge on any atom is -0.496 e. The Morgan fingerprint density at radius 2 is 1.85 bits per heavy atom. The summed E-state index contributed by atoms with van der Waals surface area (Å²) in [6.07, 6.45) is 0. The van der Waals surface area contributed by atoms with Gasteiger partial charge in [-0.15, -0.1) is 0 Å². The Labute approximate surface area is 150 Å². The summed E-state index contributed by atoms with van der Waals surface area (Å²) in [4.78, 5) is 19.6. The third kappa shape index (κ3) is 3.69. The highest BCUT2D eigenvalue weighted by Gasteiger charge is 2.16. The van der Waals surface area contributed by atoms with E-state index in [0.717, 1.165) is 5.56 Å². The van der Waals surface area contributed by atoms with Gasteiger partial charge in [-0.3, -0.25) is 10.1 Å². The normalized spacial score (nSPS) is 10.2. The van der Waals surface area contributed by atoms with E-state index in [1.54, 1.807) is 25.2 Å². The molecule has 0 unspecified atom stereocenters. The molecule has 1 heterocycles. The zero-order chi connectivity index (χ0) is 18.5. The van der Waals surface area contributed by atoms with Gasteiger partial charge in [0.25, 0.3) is 5.69 Å². The molecule has 1 aromatic heterocycles. The maximum Gasteiger partial charge on any atom is 0.296 e. The van der Waals surface area contributed by atoms with Gasteiger partial charge >= 0.3 is 0 Å². The number of methoxy groups -OCH3 is 1. The quantitative estimate of drug-likeness (QED) is 0.514. The number of aromatic nitrogens is 2. The van der Waals surface area contributed by atoms with Gasteiger partial charge in [0, 0.05) is 18.7 Å². The first kappa shape index (κ1) is 17.2. The van der Waals surface area contributed by atoms with E-state index in [1.807, 2.05) is 30.3 Å². The van der Waals surface area contributed by atoms with Crippen LogP contribution < -0.4 is 15.4 Å². The van der Waals surface area contributed by atoms with Crippen molar-refractivity contribution >= 4 is 23.1 Å². The van der Waals surface area contributed by atoms with E-state index >= 15 is 0 Å². The van der Waals surface area contributed by atoms with Gasteiger partial charge in [-0.2, -0.15) is 4.98 Å². The number of nitro groups is 1. The highest BCUT2D eigenvalue weighted by Crippen LogP contribution is 2.32. The molecule has 26 heavy (non-hydrogen) atoms. The van der Waals surface area contributed by atoms with Crippen molar-refractivity contribution in [2.75, 3.05) is 24.8 Å². The van der Waals surface area contributed by atoms with Crippen molar-refractivity contribution in [3.63, 3.8) is 0 Å². The van der Waals surface area contributed by atoms with Gasteiger partial charge in [0.05, 0.1) is 23.8 Å². The fourth-order valence-electron chi connectivity index (χ4n) is 2.41. The summed E-state index contributed by atoms with van der Waals surface area (Å²) < 4.78 is 5.06. The maximum absolute atomic E-state index is 11.4. The number of anilines is 3. The van der Waals surface area contributed by atoms with Crippen LogP contribution in [0.5, 0.6) is 5.75 Å². The van der Waals surface area contributed by atoms with Crippen molar-refractivity contribution in [1.82, 2.24) is 9.97 Å². The number of nitrogens with one attached hydrogen (secondary N) is 2. The second kappa shape index (κ2) is 7.47. The molecule has 0 spiro atoms. The molecule has 8 heteroatoms. The Bertz CT molecular complexity index is 931. The highest BCUT2D eigenvalue weighted by molar-refractivity contribution is 5.72. The predicted octanol–water partition coefficient (Wildman–Crippen LogP) is 3.85. The van der Waals surface area contributed by atoms with Crippen LogP contribution in [-0.2, 0) is 0 Å². The molecule has 0 aliphatic rings. The van der Waals surface area contributed by atoms with E-state index in [1.165, 1.54) is 13.2 Å². The van der Waals surface area contributed by atoms with Crippen molar-refractivity contribution in [1.29, 1.82) is 0 Å². The van der Waals surface area contributed by atoms with Gasteiger partial charge in [0.1, 0.15) is 17.3 Å². The molecule has 0 fully saturated rings. The van der Waals surface area contributed by atoms with Gasteiger partial charge in [-0.05, 0) is 12.1 Å². The van der Waals surface area contributed by atoms with Gasteiger partial charge in [-0.1, -0.05) is 30.3 Å². The lowest BCUT2D eigenvalue weighted by Gasteiger charge is -2.11. The summed E-state index contributed by atoms with van der Waals surface area (Å²) >= 11 is 0. The number of hydrogen-bond acceptors (Lipinski definition) is 7. The number of benzene rings is 2. The minimum absolute atomic E-state index is 0.102. The number of ether oxygens (including phenoxy) is 1. The molecule has 0 atom stereocenters. The van der Waals surface area contributed by atoms with Crippen LogP contribution in [0.2, 0.25) is 0 Å². The van der Waals surface area contributed by atoms with Crippen LogP contribution in [0.1, 0.15) is 0 Å². The van der Waals surface area contributed by atoms with Crippen LogP contribution in [0.25, 0.3) is 11.3 Å². The molecule has 0 aliphatic heterocycles. The van der Waals surface area contributed by atoms with Gasteiger partial charge in [0.2, 0.25) is 5.95 Å². The molecule has 8 nitrogen and oxygen atoms in total. The fraction of sp³-hybridized carbons (Fsp3) is 0.111. The Hall–Kier alpha value is -3.68. The van der Waals surface area contributed by atoms with Crippen molar-refractivity contribution in [3.8, 4) is 17.0 Å². The maximum atomic E-state index is 11.4. The number of nitrogens with zero attached hydrogens (tertiary/aromatic N) is 3. The summed E-state index contributed by atoms with van der Waals surface area (Å²) in [6, 6.07) is 15.9. The Morgan fingerprint density at radius 3 is 2.50 bits per heavy atom. The first-order chi connectivity index (χ1) is 12.6. The number of nitro benzene ring substituents is 1. The predicted molar refractivity (Wildman–Crippen MR) is 99.9 cm³/mol. The smallest absolute Gasteiger partial charge is 0.296 e. The third-order valence-electron chi connectivity index (χ3n) is 3.68. The second-order valence-corrected chi connectivity index (χ2v) is 5.34. The van der Waals surface area contributed by atoms with Crippen molar-refractivity contribution in [2.24, 2.45) is 0 Å². The van der Waals surface area contributed by atoms with E-state index in [-0.39, 0.29) is 5.69 Å². The van der Waals surface area contributed by atoms with Crippen LogP contribution >= 0.6 is 0 Å². The van der Waals surface area contributed by atoms with Crippen molar-refractivity contribution in [3.05, 3.63) is 64.7 Å².